The minimum Gasteiger partial charge on any atom is -0.355 e. The Kier molecular flexibility index (Phi) is 8.49. The van der Waals surface area contributed by atoms with Crippen molar-refractivity contribution in [3.8, 4) is 0 Å². The van der Waals surface area contributed by atoms with E-state index in [1.165, 1.54) is 11.6 Å². The number of thioether (sulfide) groups is 1. The van der Waals surface area contributed by atoms with Crippen LogP contribution in [0.15, 0.2) is 67.3 Å². The van der Waals surface area contributed by atoms with Crippen molar-refractivity contribution in [1.29, 1.82) is 0 Å². The van der Waals surface area contributed by atoms with Crippen LogP contribution in [0.3, 0.4) is 0 Å². The van der Waals surface area contributed by atoms with Crippen LogP contribution in [0.25, 0.3) is 0 Å². The predicted octanol–water partition coefficient (Wildman–Crippen LogP) is 3.79. The predicted molar refractivity (Wildman–Crippen MR) is 109 cm³/mol. The minimum atomic E-state index is -0.234. The largest absolute Gasteiger partial charge is 0.355 e. The van der Waals surface area contributed by atoms with Crippen LogP contribution in [0.5, 0.6) is 0 Å². The Morgan fingerprint density at radius 2 is 1.73 bits per heavy atom. The Bertz CT molecular complexity index is 715. The Hall–Kier alpha value is -2.53. The molecular weight excluding hydrogens is 344 g/mol. The Labute approximate surface area is 159 Å². The van der Waals surface area contributed by atoms with Gasteiger partial charge in [-0.2, -0.15) is 11.8 Å². The number of hydrogen-bond acceptors (Lipinski definition) is 3. The van der Waals surface area contributed by atoms with Gasteiger partial charge in [0.2, 0.25) is 11.8 Å². The fourth-order valence-corrected chi connectivity index (χ4v) is 3.14. The van der Waals surface area contributed by atoms with E-state index in [1.807, 2.05) is 54.2 Å². The molecule has 0 aliphatic rings. The average Bonchev–Trinajstić information content (AvgIpc) is 2.68. The van der Waals surface area contributed by atoms with Crippen LogP contribution in [0.1, 0.15) is 17.5 Å². The maximum Gasteiger partial charge on any atom is 0.247 e. The lowest BCUT2D eigenvalue weighted by atomic mass is 10.1. The van der Waals surface area contributed by atoms with Crippen LogP contribution in [-0.4, -0.2) is 24.1 Å². The van der Waals surface area contributed by atoms with Crippen LogP contribution in [0, 0.1) is 0 Å². The van der Waals surface area contributed by atoms with Crippen molar-refractivity contribution < 1.29 is 9.59 Å². The first kappa shape index (κ1) is 19.8. The van der Waals surface area contributed by atoms with Crippen molar-refractivity contribution in [2.75, 3.05) is 17.6 Å². The van der Waals surface area contributed by atoms with E-state index in [-0.39, 0.29) is 11.8 Å². The molecule has 0 heterocycles. The summed E-state index contributed by atoms with van der Waals surface area (Å²) >= 11 is 1.81. The lowest BCUT2D eigenvalue weighted by molar-refractivity contribution is -0.121. The molecule has 0 aliphatic carbocycles. The molecule has 0 spiro atoms. The summed E-state index contributed by atoms with van der Waals surface area (Å²) in [4.78, 5) is 23.1. The van der Waals surface area contributed by atoms with E-state index in [0.29, 0.717) is 19.4 Å². The zero-order valence-electron chi connectivity index (χ0n) is 14.7. The lowest BCUT2D eigenvalue weighted by Crippen LogP contribution is -2.25. The highest BCUT2D eigenvalue weighted by molar-refractivity contribution is 7.98. The zero-order valence-corrected chi connectivity index (χ0v) is 15.6. The molecule has 0 aromatic heterocycles. The van der Waals surface area contributed by atoms with Crippen LogP contribution >= 0.6 is 11.8 Å². The quantitative estimate of drug-likeness (QED) is 0.495. The van der Waals surface area contributed by atoms with Gasteiger partial charge in [-0.15, -0.1) is 0 Å². The van der Waals surface area contributed by atoms with Gasteiger partial charge in [0.05, 0.1) is 0 Å². The van der Waals surface area contributed by atoms with Gasteiger partial charge < -0.3 is 10.6 Å². The van der Waals surface area contributed by atoms with Crippen LogP contribution < -0.4 is 10.6 Å². The van der Waals surface area contributed by atoms with Crippen molar-refractivity contribution in [3.63, 3.8) is 0 Å². The van der Waals surface area contributed by atoms with Gasteiger partial charge in [0.1, 0.15) is 0 Å². The summed E-state index contributed by atoms with van der Waals surface area (Å²) in [5, 5.41) is 5.65. The van der Waals surface area contributed by atoms with Crippen LogP contribution in [0.2, 0.25) is 0 Å². The molecule has 4 nitrogen and oxygen atoms in total. The second-order valence-electron chi connectivity index (χ2n) is 5.78. The third kappa shape index (κ3) is 7.57. The molecular formula is C21H24N2O2S. The fourth-order valence-electron chi connectivity index (χ4n) is 2.32. The number of amides is 2. The van der Waals surface area contributed by atoms with E-state index in [2.05, 4.69) is 29.3 Å². The monoisotopic (exact) mass is 368 g/mol. The van der Waals surface area contributed by atoms with Crippen molar-refractivity contribution in [1.82, 2.24) is 5.32 Å². The molecule has 0 fully saturated rings. The number of benzene rings is 2. The number of hydrogen-bond donors (Lipinski definition) is 2. The molecule has 26 heavy (non-hydrogen) atoms. The molecule has 2 aromatic carbocycles. The minimum absolute atomic E-state index is 0.0642. The van der Waals surface area contributed by atoms with E-state index >= 15 is 0 Å². The molecule has 0 saturated carbocycles. The van der Waals surface area contributed by atoms with Gasteiger partial charge in [0, 0.05) is 30.2 Å². The van der Waals surface area contributed by atoms with E-state index in [4.69, 9.17) is 0 Å². The summed E-state index contributed by atoms with van der Waals surface area (Å²) in [6.07, 6.45) is 2.37. The number of carbonyl (C=O) groups excluding carboxylic acids is 2. The van der Waals surface area contributed by atoms with Gasteiger partial charge >= 0.3 is 0 Å². The second-order valence-corrected chi connectivity index (χ2v) is 6.88. The maximum absolute atomic E-state index is 11.9. The Balaban J connectivity index is 1.59. The molecule has 136 valence electrons. The standard InChI is InChI=1S/C21H24N2O2S/c1-2-20(24)23-19-11-8-17(9-12-19)10-13-21(25)22-14-15-26-16-18-6-4-3-5-7-18/h2-9,11-12H,1,10,13-16H2,(H,22,25)(H,23,24). The molecule has 2 rings (SSSR count). The van der Waals surface area contributed by atoms with Gasteiger partial charge in [-0.3, -0.25) is 9.59 Å². The average molecular weight is 369 g/mol. The lowest BCUT2D eigenvalue weighted by Gasteiger charge is -2.07. The summed E-state index contributed by atoms with van der Waals surface area (Å²) in [6.45, 7) is 4.10. The highest BCUT2D eigenvalue weighted by Crippen LogP contribution is 2.12. The summed E-state index contributed by atoms with van der Waals surface area (Å²) in [5.74, 6) is 1.70. The van der Waals surface area contributed by atoms with Crippen LogP contribution in [-0.2, 0) is 21.8 Å². The Morgan fingerprint density at radius 3 is 2.42 bits per heavy atom. The number of nitrogens with one attached hydrogen (secondary N) is 2. The summed E-state index contributed by atoms with van der Waals surface area (Å²) in [6, 6.07) is 17.8. The number of anilines is 1. The van der Waals surface area contributed by atoms with Gasteiger partial charge in [0.25, 0.3) is 0 Å². The molecule has 2 aromatic rings. The van der Waals surface area contributed by atoms with Crippen molar-refractivity contribution in [3.05, 3.63) is 78.4 Å². The van der Waals surface area contributed by atoms with Gasteiger partial charge in [-0.05, 0) is 35.8 Å². The van der Waals surface area contributed by atoms with E-state index in [9.17, 15) is 9.59 Å². The summed E-state index contributed by atoms with van der Waals surface area (Å²) in [7, 11) is 0. The number of rotatable bonds is 10. The van der Waals surface area contributed by atoms with Crippen molar-refractivity contribution in [2.45, 2.75) is 18.6 Å². The number of aryl methyl sites for hydroxylation is 1. The first-order chi connectivity index (χ1) is 12.7. The van der Waals surface area contributed by atoms with E-state index < -0.39 is 0 Å². The summed E-state index contributed by atoms with van der Waals surface area (Å²) < 4.78 is 0. The highest BCUT2D eigenvalue weighted by atomic mass is 32.2. The van der Waals surface area contributed by atoms with Crippen LogP contribution in [0.4, 0.5) is 5.69 Å². The van der Waals surface area contributed by atoms with Gasteiger partial charge in [0.15, 0.2) is 0 Å². The summed E-state index contributed by atoms with van der Waals surface area (Å²) in [5.41, 5.74) is 3.09. The molecule has 0 atom stereocenters. The van der Waals surface area contributed by atoms with E-state index in [0.717, 1.165) is 22.8 Å². The third-order valence-corrected chi connectivity index (χ3v) is 4.76. The Morgan fingerprint density at radius 1 is 1.00 bits per heavy atom. The normalized spacial score (nSPS) is 10.2. The van der Waals surface area contributed by atoms with Gasteiger partial charge in [-0.1, -0.05) is 49.0 Å². The molecule has 2 amide bonds. The molecule has 0 saturated heterocycles. The molecule has 0 unspecified atom stereocenters. The van der Waals surface area contributed by atoms with Gasteiger partial charge in [-0.25, -0.2) is 0 Å². The number of carbonyl (C=O) groups is 2. The maximum atomic E-state index is 11.9. The molecule has 2 N–H and O–H groups in total. The fraction of sp³-hybridized carbons (Fsp3) is 0.238. The first-order valence-electron chi connectivity index (χ1n) is 8.58. The molecule has 0 bridgehead atoms. The molecule has 5 heteroatoms. The second kappa shape index (κ2) is 11.2. The van der Waals surface area contributed by atoms with Crippen molar-refractivity contribution >= 4 is 29.3 Å². The highest BCUT2D eigenvalue weighted by Gasteiger charge is 2.03. The molecule has 0 aliphatic heterocycles. The molecule has 0 radical (unpaired) electrons. The zero-order chi connectivity index (χ0) is 18.6. The topological polar surface area (TPSA) is 58.2 Å². The van der Waals surface area contributed by atoms with E-state index in [1.54, 1.807) is 0 Å². The SMILES string of the molecule is C=CC(=O)Nc1ccc(CCC(=O)NCCSCc2ccccc2)cc1. The smallest absolute Gasteiger partial charge is 0.247 e. The first-order valence-corrected chi connectivity index (χ1v) is 9.73. The third-order valence-electron chi connectivity index (χ3n) is 3.73. The van der Waals surface area contributed by atoms with Crippen molar-refractivity contribution in [2.24, 2.45) is 0 Å².